The Hall–Kier alpha value is -1.35. The molecule has 0 aliphatic rings. The smallest absolute Gasteiger partial charge is 0.313 e. The predicted molar refractivity (Wildman–Crippen MR) is 61.3 cm³/mol. The third-order valence-electron chi connectivity index (χ3n) is 1.36. The third-order valence-corrected chi connectivity index (χ3v) is 3.02. The van der Waals surface area contributed by atoms with Crippen molar-refractivity contribution in [3.05, 3.63) is 5.82 Å². The summed E-state index contributed by atoms with van der Waals surface area (Å²) >= 11 is 1.94. The molecule has 0 bridgehead atoms. The van der Waals surface area contributed by atoms with Gasteiger partial charge in [0.1, 0.15) is 5.82 Å². The van der Waals surface area contributed by atoms with Crippen LogP contribution in [0, 0.1) is 6.92 Å². The van der Waals surface area contributed by atoms with Gasteiger partial charge in [-0.1, -0.05) is 23.5 Å². The Balaban J connectivity index is 2.71. The fourth-order valence-corrected chi connectivity index (χ4v) is 2.07. The summed E-state index contributed by atoms with van der Waals surface area (Å²) in [6.45, 7) is 1.64. The van der Waals surface area contributed by atoms with Crippen LogP contribution >= 0.6 is 23.5 Å². The van der Waals surface area contributed by atoms with Crippen molar-refractivity contribution < 1.29 is 19.8 Å². The summed E-state index contributed by atoms with van der Waals surface area (Å²) in [5, 5.41) is 17.6. The van der Waals surface area contributed by atoms with Crippen LogP contribution in [0.4, 0.5) is 0 Å². The molecule has 9 heteroatoms. The highest BCUT2D eigenvalue weighted by molar-refractivity contribution is 8.00. The van der Waals surface area contributed by atoms with Gasteiger partial charge in [-0.3, -0.25) is 9.59 Å². The largest absolute Gasteiger partial charge is 0.481 e. The molecular formula is C8H9N3O4S2. The van der Waals surface area contributed by atoms with Gasteiger partial charge in [-0.2, -0.15) is 4.98 Å². The van der Waals surface area contributed by atoms with Crippen LogP contribution < -0.4 is 0 Å². The Bertz CT molecular complexity index is 405. The Kier molecular flexibility index (Phi) is 5.16. The summed E-state index contributed by atoms with van der Waals surface area (Å²) in [7, 11) is 0. The average Bonchev–Trinajstić information content (AvgIpc) is 2.23. The lowest BCUT2D eigenvalue weighted by Crippen LogP contribution is -2.04. The fourth-order valence-electron chi connectivity index (χ4n) is 0.815. The molecule has 7 nitrogen and oxygen atoms in total. The van der Waals surface area contributed by atoms with Gasteiger partial charge in [0.25, 0.3) is 0 Å². The number of carboxylic acids is 2. The highest BCUT2D eigenvalue weighted by Crippen LogP contribution is 2.18. The molecule has 0 amide bonds. The van der Waals surface area contributed by atoms with Gasteiger partial charge in [-0.15, -0.1) is 0 Å². The molecule has 0 unspecified atom stereocenters. The molecule has 1 aromatic heterocycles. The van der Waals surface area contributed by atoms with Crippen molar-refractivity contribution >= 4 is 35.5 Å². The molecule has 92 valence electrons. The zero-order chi connectivity index (χ0) is 12.8. The highest BCUT2D eigenvalue weighted by atomic mass is 32.2. The van der Waals surface area contributed by atoms with Crippen LogP contribution in [0.15, 0.2) is 10.3 Å². The Labute approximate surface area is 105 Å². The summed E-state index contributed by atoms with van der Waals surface area (Å²) in [6.07, 6.45) is 0. The topological polar surface area (TPSA) is 113 Å². The first-order valence-electron chi connectivity index (χ1n) is 4.39. The van der Waals surface area contributed by atoms with Gasteiger partial charge in [-0.25, -0.2) is 9.97 Å². The minimum absolute atomic E-state index is 0.146. The van der Waals surface area contributed by atoms with E-state index in [-0.39, 0.29) is 21.8 Å². The van der Waals surface area contributed by atoms with Crippen LogP contribution in [0.2, 0.25) is 0 Å². The van der Waals surface area contributed by atoms with E-state index in [4.69, 9.17) is 10.2 Å². The number of aryl methyl sites for hydroxylation is 1. The van der Waals surface area contributed by atoms with Crippen LogP contribution in [-0.2, 0) is 9.59 Å². The summed E-state index contributed by atoms with van der Waals surface area (Å²) in [6, 6.07) is 0. The number of hydrogen-bond donors (Lipinski definition) is 2. The highest BCUT2D eigenvalue weighted by Gasteiger charge is 2.08. The molecule has 1 heterocycles. The molecule has 0 aromatic carbocycles. The van der Waals surface area contributed by atoms with Crippen LogP contribution in [-0.4, -0.2) is 48.6 Å². The van der Waals surface area contributed by atoms with E-state index in [0.717, 1.165) is 23.5 Å². The molecule has 1 aromatic rings. The number of nitrogens with zero attached hydrogens (tertiary/aromatic N) is 3. The number of aliphatic carboxylic acids is 2. The predicted octanol–water partition coefficient (Wildman–Crippen LogP) is 0.533. The number of carboxylic acid groups (broad SMARTS) is 2. The van der Waals surface area contributed by atoms with Gasteiger partial charge in [0.15, 0.2) is 10.3 Å². The zero-order valence-corrected chi connectivity index (χ0v) is 10.4. The van der Waals surface area contributed by atoms with Gasteiger partial charge in [0.05, 0.1) is 11.5 Å². The Morgan fingerprint density at radius 1 is 1.00 bits per heavy atom. The molecule has 0 atom stereocenters. The van der Waals surface area contributed by atoms with Crippen molar-refractivity contribution in [2.75, 3.05) is 11.5 Å². The van der Waals surface area contributed by atoms with Crippen LogP contribution in [0.3, 0.4) is 0 Å². The zero-order valence-electron chi connectivity index (χ0n) is 8.78. The molecule has 0 saturated carbocycles. The molecule has 0 aliphatic carbocycles. The maximum atomic E-state index is 10.4. The van der Waals surface area contributed by atoms with E-state index < -0.39 is 11.9 Å². The lowest BCUT2D eigenvalue weighted by atomic mass is 10.7. The molecule has 0 aliphatic heterocycles. The standard InChI is InChI=1S/C8H9N3O4S2/c1-4-9-7(16-2-5(12)13)11-8(10-4)17-3-6(14)15/h2-3H2,1H3,(H,12,13)(H,14,15). The maximum Gasteiger partial charge on any atom is 0.313 e. The first-order valence-corrected chi connectivity index (χ1v) is 6.36. The molecule has 1 rings (SSSR count). The van der Waals surface area contributed by atoms with Gasteiger partial charge in [0, 0.05) is 0 Å². The second-order valence-electron chi connectivity index (χ2n) is 2.81. The third kappa shape index (κ3) is 5.50. The normalized spacial score (nSPS) is 10.2. The summed E-state index contributed by atoms with van der Waals surface area (Å²) in [5.74, 6) is -1.79. The van der Waals surface area contributed by atoms with Gasteiger partial charge < -0.3 is 10.2 Å². The molecule has 0 saturated heterocycles. The summed E-state index contributed by atoms with van der Waals surface area (Å²) in [4.78, 5) is 32.6. The maximum absolute atomic E-state index is 10.4. The summed E-state index contributed by atoms with van der Waals surface area (Å²) in [5.41, 5.74) is 0. The SMILES string of the molecule is Cc1nc(SCC(=O)O)nc(SCC(=O)O)n1. The van der Waals surface area contributed by atoms with Crippen LogP contribution in [0.1, 0.15) is 5.82 Å². The molecule has 2 N–H and O–H groups in total. The van der Waals surface area contributed by atoms with E-state index >= 15 is 0 Å². The van der Waals surface area contributed by atoms with Crippen molar-refractivity contribution in [2.45, 2.75) is 17.2 Å². The van der Waals surface area contributed by atoms with Crippen molar-refractivity contribution in [3.8, 4) is 0 Å². The lowest BCUT2D eigenvalue weighted by molar-refractivity contribution is -0.134. The first kappa shape index (κ1) is 13.7. The lowest BCUT2D eigenvalue weighted by Gasteiger charge is -2.02. The molecule has 0 fully saturated rings. The minimum Gasteiger partial charge on any atom is -0.481 e. The van der Waals surface area contributed by atoms with Crippen molar-refractivity contribution in [2.24, 2.45) is 0 Å². The second-order valence-corrected chi connectivity index (χ2v) is 4.70. The fraction of sp³-hybridized carbons (Fsp3) is 0.375. The van der Waals surface area contributed by atoms with E-state index in [0.29, 0.717) is 5.82 Å². The van der Waals surface area contributed by atoms with Crippen LogP contribution in [0.25, 0.3) is 0 Å². The first-order chi connectivity index (χ1) is 7.97. The van der Waals surface area contributed by atoms with Gasteiger partial charge in [-0.05, 0) is 6.92 Å². The average molecular weight is 275 g/mol. The monoisotopic (exact) mass is 275 g/mol. The van der Waals surface area contributed by atoms with E-state index in [1.807, 2.05) is 0 Å². The molecular weight excluding hydrogens is 266 g/mol. The van der Waals surface area contributed by atoms with E-state index in [9.17, 15) is 9.59 Å². The molecule has 17 heavy (non-hydrogen) atoms. The number of carbonyl (C=O) groups is 2. The van der Waals surface area contributed by atoms with E-state index in [1.165, 1.54) is 0 Å². The van der Waals surface area contributed by atoms with Crippen LogP contribution in [0.5, 0.6) is 0 Å². The second kappa shape index (κ2) is 6.40. The summed E-state index contributed by atoms with van der Waals surface area (Å²) < 4.78 is 0. The quantitative estimate of drug-likeness (QED) is 0.717. The number of aromatic nitrogens is 3. The number of hydrogen-bond acceptors (Lipinski definition) is 7. The van der Waals surface area contributed by atoms with E-state index in [1.54, 1.807) is 6.92 Å². The van der Waals surface area contributed by atoms with Crippen molar-refractivity contribution in [1.29, 1.82) is 0 Å². The Morgan fingerprint density at radius 2 is 1.41 bits per heavy atom. The van der Waals surface area contributed by atoms with Gasteiger partial charge in [0.2, 0.25) is 0 Å². The number of rotatable bonds is 6. The molecule has 0 spiro atoms. The minimum atomic E-state index is -0.965. The number of thioether (sulfide) groups is 2. The van der Waals surface area contributed by atoms with Crippen molar-refractivity contribution in [1.82, 2.24) is 15.0 Å². The molecule has 0 radical (unpaired) electrons. The van der Waals surface area contributed by atoms with Gasteiger partial charge >= 0.3 is 11.9 Å². The Morgan fingerprint density at radius 3 is 1.76 bits per heavy atom. The van der Waals surface area contributed by atoms with E-state index in [2.05, 4.69) is 15.0 Å². The van der Waals surface area contributed by atoms with Crippen molar-refractivity contribution in [3.63, 3.8) is 0 Å².